The summed E-state index contributed by atoms with van der Waals surface area (Å²) in [6.07, 6.45) is 0.946. The molecule has 0 spiro atoms. The van der Waals surface area contributed by atoms with Crippen LogP contribution in [-0.4, -0.2) is 17.0 Å². The molecule has 0 aliphatic heterocycles. The summed E-state index contributed by atoms with van der Waals surface area (Å²) in [5.74, 6) is 0.956. The van der Waals surface area contributed by atoms with Gasteiger partial charge in [0.1, 0.15) is 5.75 Å². The third-order valence-electron chi connectivity index (χ3n) is 1.59. The fraction of sp³-hybridized carbons (Fsp3) is 0.250. The van der Waals surface area contributed by atoms with Gasteiger partial charge in [0.2, 0.25) is 10.5 Å². The second-order valence-electron chi connectivity index (χ2n) is 2.39. The largest absolute Gasteiger partial charge is 0.553 e. The molecule has 1 rings (SSSR count). The number of nitrogens with two attached hydrogens (primary N) is 1. The third kappa shape index (κ3) is 2.36. The number of rotatable bonds is 3. The lowest BCUT2D eigenvalue weighted by atomic mass is 10.1. The summed E-state index contributed by atoms with van der Waals surface area (Å²) in [5, 5.41) is 0. The van der Waals surface area contributed by atoms with Gasteiger partial charge >= 0.3 is 0 Å². The first-order valence-electron chi connectivity index (χ1n) is 3.70. The molecule has 3 heteroatoms. The summed E-state index contributed by atoms with van der Waals surface area (Å²) in [4.78, 5) is 0. The van der Waals surface area contributed by atoms with Gasteiger partial charge in [0, 0.05) is 0 Å². The van der Waals surface area contributed by atoms with Crippen molar-refractivity contribution in [2.75, 3.05) is 6.54 Å². The van der Waals surface area contributed by atoms with E-state index in [4.69, 9.17) is 10.2 Å². The van der Waals surface area contributed by atoms with Crippen LogP contribution in [0.25, 0.3) is 0 Å². The zero-order valence-corrected chi connectivity index (χ0v) is 8.71. The first-order valence-corrected chi connectivity index (χ1v) is 4.51. The molecule has 0 saturated carbocycles. The Morgan fingerprint density at radius 1 is 1.27 bits per heavy atom. The minimum atomic E-state index is 0.709. The van der Waals surface area contributed by atoms with Crippen molar-refractivity contribution in [3.63, 3.8) is 0 Å². The van der Waals surface area contributed by atoms with E-state index in [2.05, 4.69) is 12.1 Å². The molecule has 0 unspecified atom stereocenters. The molecule has 11 heavy (non-hydrogen) atoms. The topological polar surface area (TPSA) is 35.2 Å². The summed E-state index contributed by atoms with van der Waals surface area (Å²) in [6, 6.07) is 8.08. The second kappa shape index (κ2) is 4.15. The van der Waals surface area contributed by atoms with Crippen molar-refractivity contribution in [3.8, 4) is 5.75 Å². The Kier molecular flexibility index (Phi) is 3.13. The van der Waals surface area contributed by atoms with Crippen LogP contribution in [0.15, 0.2) is 24.3 Å². The van der Waals surface area contributed by atoms with Crippen molar-refractivity contribution in [1.82, 2.24) is 0 Å². The molecule has 0 bridgehead atoms. The minimum absolute atomic E-state index is 0.709. The molecular weight excluding hydrogens is 154 g/mol. The quantitative estimate of drug-likeness (QED) is 0.635. The number of benzene rings is 1. The molecule has 2 nitrogen and oxygen atoms in total. The predicted molar refractivity (Wildman–Crippen MR) is 49.8 cm³/mol. The maximum atomic E-state index is 5.41. The zero-order valence-electron chi connectivity index (χ0n) is 6.71. The second-order valence-corrected chi connectivity index (χ2v) is 2.79. The van der Waals surface area contributed by atoms with Crippen molar-refractivity contribution < 1.29 is 4.43 Å². The molecule has 0 amide bonds. The van der Waals surface area contributed by atoms with Crippen molar-refractivity contribution >= 4 is 10.5 Å². The van der Waals surface area contributed by atoms with E-state index in [-0.39, 0.29) is 0 Å². The van der Waals surface area contributed by atoms with E-state index >= 15 is 0 Å². The van der Waals surface area contributed by atoms with Gasteiger partial charge in [-0.05, 0) is 30.7 Å². The predicted octanol–water partition coefficient (Wildman–Crippen LogP) is -0.153. The molecule has 60 valence electrons. The molecular formula is C8H13NOSi. The molecule has 0 heterocycles. The van der Waals surface area contributed by atoms with Crippen LogP contribution >= 0.6 is 0 Å². The van der Waals surface area contributed by atoms with Crippen molar-refractivity contribution in [2.24, 2.45) is 5.73 Å². The first-order chi connectivity index (χ1) is 5.36. The zero-order chi connectivity index (χ0) is 8.10. The molecule has 0 atom stereocenters. The highest BCUT2D eigenvalue weighted by Crippen LogP contribution is 2.10. The summed E-state index contributed by atoms with van der Waals surface area (Å²) < 4.78 is 5.15. The van der Waals surface area contributed by atoms with Crippen molar-refractivity contribution in [3.05, 3.63) is 29.8 Å². The lowest BCUT2D eigenvalue weighted by molar-refractivity contribution is 0.616. The van der Waals surface area contributed by atoms with Crippen molar-refractivity contribution in [2.45, 2.75) is 6.42 Å². The van der Waals surface area contributed by atoms with E-state index in [1.54, 1.807) is 0 Å². The highest BCUT2D eigenvalue weighted by Gasteiger charge is 1.91. The minimum Gasteiger partial charge on any atom is -0.553 e. The van der Waals surface area contributed by atoms with Crippen LogP contribution in [0.4, 0.5) is 0 Å². The van der Waals surface area contributed by atoms with Crippen LogP contribution < -0.4 is 10.2 Å². The summed E-state index contributed by atoms with van der Waals surface area (Å²) in [7, 11) is 0.752. The standard InChI is InChI=1S/C8H13NOSi/c9-6-5-7-1-3-8(10-11)4-2-7/h1-4H,5-6,9H2,11H3. The molecule has 0 aromatic heterocycles. The Morgan fingerprint density at radius 3 is 2.36 bits per heavy atom. The Hall–Kier alpha value is -0.803. The van der Waals surface area contributed by atoms with Crippen LogP contribution in [0.3, 0.4) is 0 Å². The highest BCUT2D eigenvalue weighted by molar-refractivity contribution is 5.99. The Morgan fingerprint density at radius 2 is 1.91 bits per heavy atom. The summed E-state index contributed by atoms with van der Waals surface area (Å²) in [6.45, 7) is 0.709. The van der Waals surface area contributed by atoms with Gasteiger partial charge in [0.15, 0.2) is 0 Å². The number of hydrogen-bond donors (Lipinski definition) is 1. The van der Waals surface area contributed by atoms with Gasteiger partial charge in [0.05, 0.1) is 0 Å². The van der Waals surface area contributed by atoms with Gasteiger partial charge in [-0.1, -0.05) is 12.1 Å². The van der Waals surface area contributed by atoms with Crippen LogP contribution in [0, 0.1) is 0 Å². The van der Waals surface area contributed by atoms with Crippen LogP contribution in [0.2, 0.25) is 0 Å². The van der Waals surface area contributed by atoms with Crippen LogP contribution in [0.1, 0.15) is 5.56 Å². The van der Waals surface area contributed by atoms with Gasteiger partial charge < -0.3 is 10.2 Å². The maximum Gasteiger partial charge on any atom is 0.204 e. The van der Waals surface area contributed by atoms with Gasteiger partial charge in [-0.15, -0.1) is 0 Å². The number of hydrogen-bond acceptors (Lipinski definition) is 2. The van der Waals surface area contributed by atoms with Gasteiger partial charge in [-0.25, -0.2) is 0 Å². The first kappa shape index (κ1) is 8.29. The Labute approximate surface area is 69.9 Å². The summed E-state index contributed by atoms with van der Waals surface area (Å²) >= 11 is 0. The average Bonchev–Trinajstić information content (AvgIpc) is 2.07. The fourth-order valence-electron chi connectivity index (χ4n) is 0.959. The van der Waals surface area contributed by atoms with Crippen LogP contribution in [-0.2, 0) is 6.42 Å². The molecule has 0 aliphatic rings. The van der Waals surface area contributed by atoms with E-state index in [1.165, 1.54) is 5.56 Å². The van der Waals surface area contributed by atoms with Crippen LogP contribution in [0.5, 0.6) is 5.75 Å². The van der Waals surface area contributed by atoms with E-state index in [1.807, 2.05) is 12.1 Å². The molecule has 1 aromatic rings. The Balaban J connectivity index is 2.66. The molecule has 0 radical (unpaired) electrons. The maximum absolute atomic E-state index is 5.41. The van der Waals surface area contributed by atoms with Gasteiger partial charge in [0.25, 0.3) is 0 Å². The van der Waals surface area contributed by atoms with Crippen molar-refractivity contribution in [1.29, 1.82) is 0 Å². The third-order valence-corrected chi connectivity index (χ3v) is 2.06. The van der Waals surface area contributed by atoms with Gasteiger partial charge in [-0.2, -0.15) is 0 Å². The lowest BCUT2D eigenvalue weighted by Crippen LogP contribution is -2.02. The van der Waals surface area contributed by atoms with E-state index in [9.17, 15) is 0 Å². The van der Waals surface area contributed by atoms with E-state index in [0.717, 1.165) is 22.7 Å². The van der Waals surface area contributed by atoms with E-state index in [0.29, 0.717) is 6.54 Å². The average molecular weight is 167 g/mol. The van der Waals surface area contributed by atoms with Gasteiger partial charge in [-0.3, -0.25) is 0 Å². The normalized spacial score (nSPS) is 9.91. The molecule has 0 saturated heterocycles. The smallest absolute Gasteiger partial charge is 0.204 e. The SMILES string of the molecule is NCCc1ccc(O[SiH3])cc1. The highest BCUT2D eigenvalue weighted by atomic mass is 28.2. The lowest BCUT2D eigenvalue weighted by Gasteiger charge is -2.01. The summed E-state index contributed by atoms with van der Waals surface area (Å²) in [5.41, 5.74) is 6.68. The van der Waals surface area contributed by atoms with E-state index < -0.39 is 0 Å². The Bertz CT molecular complexity index is 210. The fourth-order valence-corrected chi connectivity index (χ4v) is 1.23. The molecule has 1 aromatic carbocycles. The molecule has 2 N–H and O–H groups in total. The molecule has 0 fully saturated rings. The monoisotopic (exact) mass is 167 g/mol. The molecule has 0 aliphatic carbocycles.